The minimum atomic E-state index is -0.232. The van der Waals surface area contributed by atoms with Crippen LogP contribution in [0.5, 0.6) is 0 Å². The molecule has 1 aromatic heterocycles. The Hall–Kier alpha value is -1.34. The van der Waals surface area contributed by atoms with Crippen LogP contribution in [-0.2, 0) is 0 Å². The normalized spacial score (nSPS) is 11.6. The first-order valence-electron chi connectivity index (χ1n) is 5.06. The molecule has 1 heterocycles. The highest BCUT2D eigenvalue weighted by atomic mass is 79.9. The summed E-state index contributed by atoms with van der Waals surface area (Å²) in [5.74, 6) is 2.31. The van der Waals surface area contributed by atoms with Crippen molar-refractivity contribution in [1.29, 1.82) is 0 Å². The topological polar surface area (TPSA) is 42.0 Å². The molecular formula is C12H13BrN2O. The molecule has 1 N–H and O–H groups in total. The number of pyridine rings is 1. The van der Waals surface area contributed by atoms with Crippen LogP contribution in [0.1, 0.15) is 30.3 Å². The Morgan fingerprint density at radius 2 is 2.44 bits per heavy atom. The largest absolute Gasteiger partial charge is 0.337 e. The summed E-state index contributed by atoms with van der Waals surface area (Å²) >= 11 is 3.26. The van der Waals surface area contributed by atoms with E-state index in [1.54, 1.807) is 18.3 Å². The van der Waals surface area contributed by atoms with Gasteiger partial charge in [0.1, 0.15) is 5.69 Å². The number of rotatable bonds is 4. The number of carbonyl (C=O) groups is 1. The summed E-state index contributed by atoms with van der Waals surface area (Å²) in [6, 6.07) is 3.20. The fraction of sp³-hybridized carbons (Fsp3) is 0.333. The van der Waals surface area contributed by atoms with Crippen LogP contribution in [0.15, 0.2) is 22.8 Å². The summed E-state index contributed by atoms with van der Waals surface area (Å²) in [5.41, 5.74) is 0.375. The van der Waals surface area contributed by atoms with E-state index >= 15 is 0 Å². The summed E-state index contributed by atoms with van der Waals surface area (Å²) in [5, 5.41) is 2.75. The smallest absolute Gasteiger partial charge is 0.270 e. The summed E-state index contributed by atoms with van der Waals surface area (Å²) in [6.45, 7) is 2.02. The molecule has 1 amide bonds. The Kier molecular flexibility index (Phi) is 5.00. The van der Waals surface area contributed by atoms with Crippen molar-refractivity contribution in [1.82, 2.24) is 10.3 Å². The minimum absolute atomic E-state index is 0.219. The standard InChI is InChI=1S/C12H13BrN2O/c1-3-5-10(4-2)15-12(16)11-7-6-9(13)8-14-11/h2,6-8,10H,3,5H2,1H3,(H,15,16). The molecule has 1 rings (SSSR count). The summed E-state index contributed by atoms with van der Waals surface area (Å²) < 4.78 is 0.839. The highest BCUT2D eigenvalue weighted by Gasteiger charge is 2.11. The molecular weight excluding hydrogens is 268 g/mol. The Bertz CT molecular complexity index is 394. The number of aromatic nitrogens is 1. The fourth-order valence-corrected chi connectivity index (χ4v) is 1.46. The third-order valence-corrected chi connectivity index (χ3v) is 2.51. The molecule has 0 radical (unpaired) electrons. The number of nitrogens with zero attached hydrogens (tertiary/aromatic N) is 1. The van der Waals surface area contributed by atoms with Crippen molar-refractivity contribution in [3.8, 4) is 12.3 Å². The van der Waals surface area contributed by atoms with Gasteiger partial charge < -0.3 is 5.32 Å². The Morgan fingerprint density at radius 1 is 1.69 bits per heavy atom. The maximum atomic E-state index is 11.7. The second-order valence-electron chi connectivity index (χ2n) is 3.34. The second kappa shape index (κ2) is 6.29. The molecule has 1 unspecified atom stereocenters. The van der Waals surface area contributed by atoms with Crippen molar-refractivity contribution in [3.05, 3.63) is 28.5 Å². The molecule has 4 heteroatoms. The first kappa shape index (κ1) is 12.7. The van der Waals surface area contributed by atoms with Crippen molar-refractivity contribution in [2.45, 2.75) is 25.8 Å². The molecule has 0 saturated heterocycles. The molecule has 1 aromatic rings. The zero-order valence-corrected chi connectivity index (χ0v) is 10.6. The van der Waals surface area contributed by atoms with E-state index in [0.29, 0.717) is 5.69 Å². The van der Waals surface area contributed by atoms with Crippen molar-refractivity contribution >= 4 is 21.8 Å². The predicted molar refractivity (Wildman–Crippen MR) is 66.9 cm³/mol. The van der Waals surface area contributed by atoms with Gasteiger partial charge in [0.2, 0.25) is 0 Å². The molecule has 0 aromatic carbocycles. The van der Waals surface area contributed by atoms with Crippen molar-refractivity contribution in [2.75, 3.05) is 0 Å². The van der Waals surface area contributed by atoms with Crippen LogP contribution in [0, 0.1) is 12.3 Å². The van der Waals surface area contributed by atoms with E-state index < -0.39 is 0 Å². The molecule has 0 aliphatic carbocycles. The van der Waals surface area contributed by atoms with Gasteiger partial charge in [-0.2, -0.15) is 0 Å². The number of hydrogen-bond acceptors (Lipinski definition) is 2. The number of halogens is 1. The maximum Gasteiger partial charge on any atom is 0.270 e. The summed E-state index contributed by atoms with van der Waals surface area (Å²) in [6.07, 6.45) is 8.61. The molecule has 1 atom stereocenters. The molecule has 84 valence electrons. The lowest BCUT2D eigenvalue weighted by atomic mass is 10.2. The van der Waals surface area contributed by atoms with Crippen molar-refractivity contribution in [2.24, 2.45) is 0 Å². The third kappa shape index (κ3) is 3.67. The van der Waals surface area contributed by atoms with Gasteiger partial charge in [0, 0.05) is 10.7 Å². The van der Waals surface area contributed by atoms with E-state index in [2.05, 4.69) is 32.2 Å². The number of nitrogens with one attached hydrogen (secondary N) is 1. The minimum Gasteiger partial charge on any atom is -0.337 e. The highest BCUT2D eigenvalue weighted by Crippen LogP contribution is 2.07. The molecule has 0 spiro atoms. The molecule has 0 aliphatic heterocycles. The van der Waals surface area contributed by atoms with Gasteiger partial charge in [-0.15, -0.1) is 6.42 Å². The van der Waals surface area contributed by atoms with E-state index in [0.717, 1.165) is 17.3 Å². The van der Waals surface area contributed by atoms with Crippen LogP contribution in [-0.4, -0.2) is 16.9 Å². The Morgan fingerprint density at radius 3 is 2.94 bits per heavy atom. The number of carbonyl (C=O) groups excluding carboxylic acids is 1. The summed E-state index contributed by atoms with van der Waals surface area (Å²) in [7, 11) is 0. The second-order valence-corrected chi connectivity index (χ2v) is 4.26. The van der Waals surface area contributed by atoms with E-state index in [1.165, 1.54) is 0 Å². The fourth-order valence-electron chi connectivity index (χ4n) is 1.23. The van der Waals surface area contributed by atoms with Gasteiger partial charge >= 0.3 is 0 Å². The van der Waals surface area contributed by atoms with Crippen LogP contribution < -0.4 is 5.32 Å². The number of hydrogen-bond donors (Lipinski definition) is 1. The monoisotopic (exact) mass is 280 g/mol. The van der Waals surface area contributed by atoms with Gasteiger partial charge in [-0.25, -0.2) is 4.98 Å². The van der Waals surface area contributed by atoms with Gasteiger partial charge in [0.05, 0.1) is 6.04 Å². The zero-order valence-electron chi connectivity index (χ0n) is 9.03. The molecule has 3 nitrogen and oxygen atoms in total. The van der Waals surface area contributed by atoms with E-state index in [9.17, 15) is 4.79 Å². The van der Waals surface area contributed by atoms with Gasteiger partial charge in [-0.05, 0) is 34.5 Å². The van der Waals surface area contributed by atoms with Crippen LogP contribution in [0.2, 0.25) is 0 Å². The molecule has 0 bridgehead atoms. The van der Waals surface area contributed by atoms with Gasteiger partial charge in [0.15, 0.2) is 0 Å². The lowest BCUT2D eigenvalue weighted by molar-refractivity contribution is 0.0939. The SMILES string of the molecule is C#CC(CCC)NC(=O)c1ccc(Br)cn1. The predicted octanol–water partition coefficient (Wildman–Crippen LogP) is 2.38. The molecule has 0 aliphatic rings. The van der Waals surface area contributed by atoms with Crippen molar-refractivity contribution in [3.63, 3.8) is 0 Å². The summed E-state index contributed by atoms with van der Waals surface area (Å²) in [4.78, 5) is 15.7. The highest BCUT2D eigenvalue weighted by molar-refractivity contribution is 9.10. The lowest BCUT2D eigenvalue weighted by Gasteiger charge is -2.11. The van der Waals surface area contributed by atoms with Gasteiger partial charge in [0.25, 0.3) is 5.91 Å². The first-order valence-corrected chi connectivity index (χ1v) is 5.85. The number of amides is 1. The molecule has 0 fully saturated rings. The quantitative estimate of drug-likeness (QED) is 0.861. The lowest BCUT2D eigenvalue weighted by Crippen LogP contribution is -2.34. The maximum absolute atomic E-state index is 11.7. The van der Waals surface area contributed by atoms with E-state index in [1.807, 2.05) is 6.92 Å². The van der Waals surface area contributed by atoms with Gasteiger partial charge in [-0.3, -0.25) is 4.79 Å². The Labute approximate surface area is 104 Å². The number of terminal acetylenes is 1. The van der Waals surface area contributed by atoms with Crippen LogP contribution in [0.25, 0.3) is 0 Å². The third-order valence-electron chi connectivity index (χ3n) is 2.04. The van der Waals surface area contributed by atoms with Crippen LogP contribution >= 0.6 is 15.9 Å². The zero-order chi connectivity index (χ0) is 12.0. The molecule has 16 heavy (non-hydrogen) atoms. The van der Waals surface area contributed by atoms with E-state index in [-0.39, 0.29) is 11.9 Å². The average molecular weight is 281 g/mol. The van der Waals surface area contributed by atoms with Crippen LogP contribution in [0.4, 0.5) is 0 Å². The van der Waals surface area contributed by atoms with Crippen molar-refractivity contribution < 1.29 is 4.79 Å². The van der Waals surface area contributed by atoms with Crippen LogP contribution in [0.3, 0.4) is 0 Å². The average Bonchev–Trinajstić information content (AvgIpc) is 2.29. The first-order chi connectivity index (χ1) is 7.67. The molecule has 0 saturated carbocycles. The van der Waals surface area contributed by atoms with E-state index in [4.69, 9.17) is 6.42 Å². The Balaban J connectivity index is 2.65. The van der Waals surface area contributed by atoms with Gasteiger partial charge in [-0.1, -0.05) is 19.3 Å².